The second-order valence-electron chi connectivity index (χ2n) is 6.09. The number of nitrogens with zero attached hydrogens (tertiary/aromatic N) is 3. The maximum atomic E-state index is 11.2. The number of ether oxygens (including phenoxy) is 1. The lowest BCUT2D eigenvalue weighted by Gasteiger charge is -2.36. The van der Waals surface area contributed by atoms with Crippen LogP contribution < -0.4 is 4.90 Å². The number of hydrogen-bond donors (Lipinski definition) is 0. The van der Waals surface area contributed by atoms with Crippen LogP contribution in [0.25, 0.3) is 0 Å². The molecule has 2 aliphatic heterocycles. The van der Waals surface area contributed by atoms with Crippen molar-refractivity contribution in [1.29, 1.82) is 0 Å². The van der Waals surface area contributed by atoms with Crippen molar-refractivity contribution in [2.75, 3.05) is 50.8 Å². The summed E-state index contributed by atoms with van der Waals surface area (Å²) in [5.74, 6) is 0.692. The van der Waals surface area contributed by atoms with Gasteiger partial charge < -0.3 is 9.64 Å². The minimum Gasteiger partial charge on any atom is -0.379 e. The SMILES string of the molecule is O=[N+]([O-])c1ccccc1N1CCC(CN2CCOCC2)CC1. The van der Waals surface area contributed by atoms with E-state index in [1.54, 1.807) is 12.1 Å². The second-order valence-corrected chi connectivity index (χ2v) is 6.09. The van der Waals surface area contributed by atoms with Crippen molar-refractivity contribution in [2.45, 2.75) is 12.8 Å². The van der Waals surface area contributed by atoms with Crippen molar-refractivity contribution < 1.29 is 9.66 Å². The van der Waals surface area contributed by atoms with Gasteiger partial charge in [0.15, 0.2) is 0 Å². The maximum absolute atomic E-state index is 11.2. The predicted octanol–water partition coefficient (Wildman–Crippen LogP) is 2.14. The lowest BCUT2D eigenvalue weighted by molar-refractivity contribution is -0.384. The first kappa shape index (κ1) is 15.2. The molecule has 0 radical (unpaired) electrons. The standard InChI is InChI=1S/C16H23N3O3/c20-19(21)16-4-2-1-3-15(16)18-7-5-14(6-8-18)13-17-9-11-22-12-10-17/h1-4,14H,5-13H2. The number of nitro benzene ring substituents is 1. The molecule has 2 heterocycles. The normalized spacial score (nSPS) is 21.0. The molecule has 0 atom stereocenters. The summed E-state index contributed by atoms with van der Waals surface area (Å²) in [6, 6.07) is 7.06. The Bertz CT molecular complexity index is 509. The molecule has 0 aromatic heterocycles. The molecule has 2 fully saturated rings. The number of rotatable bonds is 4. The van der Waals surface area contributed by atoms with Gasteiger partial charge in [-0.25, -0.2) is 0 Å². The van der Waals surface area contributed by atoms with Crippen LogP contribution in [0.3, 0.4) is 0 Å². The smallest absolute Gasteiger partial charge is 0.292 e. The molecule has 0 aliphatic carbocycles. The summed E-state index contributed by atoms with van der Waals surface area (Å²) in [6.45, 7) is 6.69. The average molecular weight is 305 g/mol. The summed E-state index contributed by atoms with van der Waals surface area (Å²) < 4.78 is 5.39. The van der Waals surface area contributed by atoms with Gasteiger partial charge in [-0.05, 0) is 24.8 Å². The number of hydrogen-bond acceptors (Lipinski definition) is 5. The number of nitro groups is 1. The van der Waals surface area contributed by atoms with Crippen LogP contribution in [0.15, 0.2) is 24.3 Å². The van der Waals surface area contributed by atoms with Gasteiger partial charge in [0.2, 0.25) is 0 Å². The van der Waals surface area contributed by atoms with E-state index < -0.39 is 0 Å². The summed E-state index contributed by atoms with van der Waals surface area (Å²) >= 11 is 0. The first-order chi connectivity index (χ1) is 10.7. The molecule has 3 rings (SSSR count). The number of anilines is 1. The van der Waals surface area contributed by atoms with E-state index in [1.807, 2.05) is 12.1 Å². The second kappa shape index (κ2) is 7.07. The fourth-order valence-corrected chi connectivity index (χ4v) is 3.39. The van der Waals surface area contributed by atoms with Gasteiger partial charge >= 0.3 is 0 Å². The van der Waals surface area contributed by atoms with Crippen molar-refractivity contribution in [2.24, 2.45) is 5.92 Å². The van der Waals surface area contributed by atoms with Gasteiger partial charge in [0.1, 0.15) is 5.69 Å². The molecular formula is C16H23N3O3. The number of piperidine rings is 1. The fourth-order valence-electron chi connectivity index (χ4n) is 3.39. The molecule has 22 heavy (non-hydrogen) atoms. The van der Waals surface area contributed by atoms with Gasteiger partial charge in [-0.3, -0.25) is 15.0 Å². The van der Waals surface area contributed by atoms with Crippen LogP contribution in [0, 0.1) is 16.0 Å². The van der Waals surface area contributed by atoms with E-state index in [9.17, 15) is 10.1 Å². The van der Waals surface area contributed by atoms with Crippen LogP contribution in [0.5, 0.6) is 0 Å². The molecule has 0 spiro atoms. The number of morpholine rings is 1. The Labute approximate surface area is 130 Å². The van der Waals surface area contributed by atoms with Crippen LogP contribution in [-0.4, -0.2) is 55.8 Å². The van der Waals surface area contributed by atoms with Gasteiger partial charge in [-0.2, -0.15) is 0 Å². The third-order valence-corrected chi connectivity index (χ3v) is 4.65. The Hall–Kier alpha value is -1.66. The van der Waals surface area contributed by atoms with Crippen LogP contribution >= 0.6 is 0 Å². The molecule has 0 saturated carbocycles. The van der Waals surface area contributed by atoms with Crippen LogP contribution in [0.2, 0.25) is 0 Å². The fraction of sp³-hybridized carbons (Fsp3) is 0.625. The van der Waals surface area contributed by atoms with Crippen molar-refractivity contribution in [3.05, 3.63) is 34.4 Å². The highest BCUT2D eigenvalue weighted by atomic mass is 16.6. The van der Waals surface area contributed by atoms with Crippen molar-refractivity contribution in [3.8, 4) is 0 Å². The molecular weight excluding hydrogens is 282 g/mol. The monoisotopic (exact) mass is 305 g/mol. The van der Waals surface area contributed by atoms with E-state index in [1.165, 1.54) is 0 Å². The summed E-state index contributed by atoms with van der Waals surface area (Å²) in [4.78, 5) is 15.5. The molecule has 0 unspecified atom stereocenters. The zero-order valence-electron chi connectivity index (χ0n) is 12.8. The first-order valence-corrected chi connectivity index (χ1v) is 8.02. The molecule has 1 aromatic rings. The molecule has 2 aliphatic rings. The van der Waals surface area contributed by atoms with Gasteiger partial charge in [0.25, 0.3) is 5.69 Å². The predicted molar refractivity (Wildman–Crippen MR) is 85.3 cm³/mol. The highest BCUT2D eigenvalue weighted by Gasteiger charge is 2.25. The van der Waals surface area contributed by atoms with Crippen LogP contribution in [0.1, 0.15) is 12.8 Å². The van der Waals surface area contributed by atoms with E-state index in [-0.39, 0.29) is 10.6 Å². The largest absolute Gasteiger partial charge is 0.379 e. The Morgan fingerprint density at radius 2 is 1.82 bits per heavy atom. The van der Waals surface area contributed by atoms with Crippen molar-refractivity contribution in [3.63, 3.8) is 0 Å². The molecule has 2 saturated heterocycles. The van der Waals surface area contributed by atoms with Crippen LogP contribution in [-0.2, 0) is 4.74 Å². The van der Waals surface area contributed by atoms with Crippen LogP contribution in [0.4, 0.5) is 11.4 Å². The Balaban J connectivity index is 1.56. The highest BCUT2D eigenvalue weighted by molar-refractivity contribution is 5.63. The Morgan fingerprint density at radius 1 is 1.14 bits per heavy atom. The third-order valence-electron chi connectivity index (χ3n) is 4.65. The lowest BCUT2D eigenvalue weighted by Crippen LogP contribution is -2.43. The molecule has 0 bridgehead atoms. The Morgan fingerprint density at radius 3 is 2.50 bits per heavy atom. The Kier molecular flexibility index (Phi) is 4.90. The minimum atomic E-state index is -0.283. The van der Waals surface area contributed by atoms with E-state index in [0.717, 1.165) is 64.5 Å². The van der Waals surface area contributed by atoms with E-state index in [0.29, 0.717) is 5.92 Å². The molecule has 120 valence electrons. The molecule has 0 amide bonds. The maximum Gasteiger partial charge on any atom is 0.292 e. The first-order valence-electron chi connectivity index (χ1n) is 8.02. The van der Waals surface area contributed by atoms with Gasteiger partial charge in [-0.15, -0.1) is 0 Å². The topological polar surface area (TPSA) is 58.9 Å². The quantitative estimate of drug-likeness (QED) is 0.630. The number of para-hydroxylation sites is 2. The average Bonchev–Trinajstić information content (AvgIpc) is 2.56. The molecule has 1 aromatic carbocycles. The minimum absolute atomic E-state index is 0.217. The molecule has 6 nitrogen and oxygen atoms in total. The van der Waals surface area contributed by atoms with Crippen molar-refractivity contribution in [1.82, 2.24) is 4.90 Å². The number of benzene rings is 1. The van der Waals surface area contributed by atoms with Crippen molar-refractivity contribution >= 4 is 11.4 Å². The zero-order chi connectivity index (χ0) is 15.4. The summed E-state index contributed by atoms with van der Waals surface area (Å²) in [6.07, 6.45) is 2.20. The summed E-state index contributed by atoms with van der Waals surface area (Å²) in [5.41, 5.74) is 0.978. The summed E-state index contributed by atoms with van der Waals surface area (Å²) in [5, 5.41) is 11.2. The van der Waals surface area contributed by atoms with E-state index >= 15 is 0 Å². The van der Waals surface area contributed by atoms with Gasteiger partial charge in [0, 0.05) is 38.8 Å². The molecule has 0 N–H and O–H groups in total. The third kappa shape index (κ3) is 3.56. The lowest BCUT2D eigenvalue weighted by atomic mass is 9.95. The van der Waals surface area contributed by atoms with E-state index in [4.69, 9.17) is 4.74 Å². The van der Waals surface area contributed by atoms with Gasteiger partial charge in [-0.1, -0.05) is 12.1 Å². The highest BCUT2D eigenvalue weighted by Crippen LogP contribution is 2.31. The van der Waals surface area contributed by atoms with E-state index in [2.05, 4.69) is 9.80 Å². The van der Waals surface area contributed by atoms with Gasteiger partial charge in [0.05, 0.1) is 18.1 Å². The summed E-state index contributed by atoms with van der Waals surface area (Å²) in [7, 11) is 0. The zero-order valence-corrected chi connectivity index (χ0v) is 12.8. The molecule has 6 heteroatoms.